The Morgan fingerprint density at radius 2 is 1.27 bits per heavy atom. The van der Waals surface area contributed by atoms with Gasteiger partial charge < -0.3 is 9.80 Å². The van der Waals surface area contributed by atoms with Crippen molar-refractivity contribution in [2.45, 2.75) is 32.2 Å². The van der Waals surface area contributed by atoms with E-state index in [0.717, 1.165) is 6.54 Å². The predicted molar refractivity (Wildman–Crippen MR) is 206 cm³/mol. The number of aryl methyl sites for hydroxylation is 1. The number of benzene rings is 5. The van der Waals surface area contributed by atoms with Crippen LogP contribution in [0.5, 0.6) is 0 Å². The highest BCUT2D eigenvalue weighted by Crippen LogP contribution is 2.44. The van der Waals surface area contributed by atoms with E-state index < -0.39 is 0 Å². The summed E-state index contributed by atoms with van der Waals surface area (Å²) in [5.74, 6) is 0.665. The average molecular weight is 639 g/mol. The summed E-state index contributed by atoms with van der Waals surface area (Å²) in [6, 6.07) is 42.8. The second kappa shape index (κ2) is 12.5. The van der Waals surface area contributed by atoms with Crippen LogP contribution in [0.4, 0.5) is 22.7 Å². The van der Waals surface area contributed by atoms with Gasteiger partial charge in [-0.2, -0.15) is 0 Å². The normalized spacial score (nSPS) is 18.0. The SMILES string of the molecule is C1=CC2C=CC=C(N(c3ccccc3)c3ccc4sc5ccc(N(Cc6cccc7c6CCCC7)c6ccccc6)cc5c4c3)C2C=C1. The zero-order valence-corrected chi connectivity index (χ0v) is 27.8. The number of para-hydroxylation sites is 2. The molecule has 0 saturated carbocycles. The topological polar surface area (TPSA) is 6.48 Å². The van der Waals surface area contributed by atoms with Gasteiger partial charge in [0.25, 0.3) is 0 Å². The number of nitrogens with zero attached hydrogens (tertiary/aromatic N) is 2. The molecule has 48 heavy (non-hydrogen) atoms. The number of thiophene rings is 1. The van der Waals surface area contributed by atoms with E-state index in [4.69, 9.17) is 0 Å². The highest BCUT2D eigenvalue weighted by molar-refractivity contribution is 7.25. The molecular formula is C45H38N2S. The summed E-state index contributed by atoms with van der Waals surface area (Å²) in [6.45, 7) is 0.861. The van der Waals surface area contributed by atoms with Gasteiger partial charge in [-0.15, -0.1) is 11.3 Å². The standard InChI is InChI=1S/C45H38N2S/c1-3-18-35(19-4-1)46(31-34-17-11-15-32-13-7-9-22-39(32)34)37-25-27-44-41(29-37)42-30-38(26-28-45(42)48-44)47(36-20-5-2-6-21-36)43-24-12-16-33-14-8-10-23-40(33)43/h1-6,8,10-12,14-21,23-30,33,40H,7,9,13,22,31H2. The fourth-order valence-electron chi connectivity index (χ4n) is 7.92. The fraction of sp³-hybridized carbons (Fsp3) is 0.156. The summed E-state index contributed by atoms with van der Waals surface area (Å²) in [6.07, 6.45) is 20.8. The zero-order chi connectivity index (χ0) is 31.9. The molecule has 2 nitrogen and oxygen atoms in total. The minimum Gasteiger partial charge on any atom is -0.337 e. The first kappa shape index (κ1) is 29.1. The first-order valence-corrected chi connectivity index (χ1v) is 18.1. The summed E-state index contributed by atoms with van der Waals surface area (Å²) >= 11 is 1.89. The van der Waals surface area contributed by atoms with Crippen molar-refractivity contribution in [1.29, 1.82) is 0 Å². The number of hydrogen-bond acceptors (Lipinski definition) is 3. The molecule has 1 aromatic heterocycles. The quantitative estimate of drug-likeness (QED) is 0.172. The fourth-order valence-corrected chi connectivity index (χ4v) is 8.99. The maximum Gasteiger partial charge on any atom is 0.0484 e. The molecule has 3 aliphatic carbocycles. The van der Waals surface area contributed by atoms with Crippen LogP contribution in [0.3, 0.4) is 0 Å². The van der Waals surface area contributed by atoms with Crippen LogP contribution in [-0.4, -0.2) is 0 Å². The first-order chi connectivity index (χ1) is 23.8. The van der Waals surface area contributed by atoms with Crippen LogP contribution in [0, 0.1) is 11.8 Å². The van der Waals surface area contributed by atoms with Crippen molar-refractivity contribution in [3.63, 3.8) is 0 Å². The van der Waals surface area contributed by atoms with Gasteiger partial charge in [0.2, 0.25) is 0 Å². The van der Waals surface area contributed by atoms with E-state index in [2.05, 4.69) is 168 Å². The third-order valence-corrected chi connectivity index (χ3v) is 11.4. The first-order valence-electron chi connectivity index (χ1n) is 17.3. The third-order valence-electron chi connectivity index (χ3n) is 10.3. The molecule has 234 valence electrons. The van der Waals surface area contributed by atoms with Gasteiger partial charge in [-0.05, 0) is 109 Å². The lowest BCUT2D eigenvalue weighted by Gasteiger charge is -2.36. The zero-order valence-electron chi connectivity index (χ0n) is 27.0. The van der Waals surface area contributed by atoms with Crippen molar-refractivity contribution in [1.82, 2.24) is 0 Å². The van der Waals surface area contributed by atoms with Gasteiger partial charge in [0, 0.05) is 67.0 Å². The van der Waals surface area contributed by atoms with Crippen molar-refractivity contribution < 1.29 is 0 Å². The maximum absolute atomic E-state index is 2.51. The lowest BCUT2D eigenvalue weighted by atomic mass is 9.82. The number of fused-ring (bicyclic) bond motifs is 5. The van der Waals surface area contributed by atoms with Crippen LogP contribution in [0.1, 0.15) is 29.5 Å². The molecule has 0 aliphatic heterocycles. The molecule has 0 bridgehead atoms. The Kier molecular flexibility index (Phi) is 7.55. The number of hydrogen-bond donors (Lipinski definition) is 0. The average Bonchev–Trinajstić information content (AvgIpc) is 3.52. The molecule has 0 amide bonds. The van der Waals surface area contributed by atoms with Crippen LogP contribution in [0.15, 0.2) is 163 Å². The van der Waals surface area contributed by atoms with E-state index in [1.165, 1.54) is 85.4 Å². The lowest BCUT2D eigenvalue weighted by Crippen LogP contribution is -2.27. The second-order valence-electron chi connectivity index (χ2n) is 13.2. The summed E-state index contributed by atoms with van der Waals surface area (Å²) in [5.41, 5.74) is 10.7. The van der Waals surface area contributed by atoms with Crippen LogP contribution < -0.4 is 9.80 Å². The minimum atomic E-state index is 0.296. The van der Waals surface area contributed by atoms with Crippen molar-refractivity contribution >= 4 is 54.3 Å². The van der Waals surface area contributed by atoms with E-state index in [1.54, 1.807) is 5.56 Å². The van der Waals surface area contributed by atoms with E-state index >= 15 is 0 Å². The van der Waals surface area contributed by atoms with Crippen molar-refractivity contribution in [3.8, 4) is 0 Å². The molecule has 2 unspecified atom stereocenters. The predicted octanol–water partition coefficient (Wildman–Crippen LogP) is 12.2. The number of anilines is 4. The Morgan fingerprint density at radius 3 is 2.08 bits per heavy atom. The van der Waals surface area contributed by atoms with Crippen molar-refractivity contribution in [2.24, 2.45) is 11.8 Å². The number of rotatable bonds is 7. The van der Waals surface area contributed by atoms with Gasteiger partial charge in [0.1, 0.15) is 0 Å². The lowest BCUT2D eigenvalue weighted by molar-refractivity contribution is 0.612. The summed E-state index contributed by atoms with van der Waals surface area (Å²) < 4.78 is 2.64. The largest absolute Gasteiger partial charge is 0.337 e. The van der Waals surface area contributed by atoms with Crippen LogP contribution in [-0.2, 0) is 19.4 Å². The van der Waals surface area contributed by atoms with E-state index in [1.807, 2.05) is 11.3 Å². The third kappa shape index (κ3) is 5.29. The van der Waals surface area contributed by atoms with Gasteiger partial charge in [0.15, 0.2) is 0 Å². The van der Waals surface area contributed by atoms with Gasteiger partial charge >= 0.3 is 0 Å². The van der Waals surface area contributed by atoms with Gasteiger partial charge in [-0.3, -0.25) is 0 Å². The Balaban J connectivity index is 1.16. The highest BCUT2D eigenvalue weighted by atomic mass is 32.1. The molecule has 9 rings (SSSR count). The van der Waals surface area contributed by atoms with Crippen molar-refractivity contribution in [2.75, 3.05) is 9.80 Å². The Bertz CT molecular complexity index is 2240. The molecule has 6 aromatic rings. The molecule has 0 fully saturated rings. The Morgan fingerprint density at radius 1 is 0.583 bits per heavy atom. The summed E-state index contributed by atoms with van der Waals surface area (Å²) in [5, 5.41) is 2.62. The van der Waals surface area contributed by atoms with Crippen LogP contribution in [0.2, 0.25) is 0 Å². The molecule has 0 N–H and O–H groups in total. The molecule has 3 aliphatic rings. The summed E-state index contributed by atoms with van der Waals surface area (Å²) in [7, 11) is 0. The van der Waals surface area contributed by atoms with Crippen LogP contribution in [0.25, 0.3) is 20.2 Å². The Hall–Kier alpha value is -5.12. The summed E-state index contributed by atoms with van der Waals surface area (Å²) in [4.78, 5) is 4.97. The van der Waals surface area contributed by atoms with Crippen LogP contribution >= 0.6 is 11.3 Å². The van der Waals surface area contributed by atoms with E-state index in [-0.39, 0.29) is 0 Å². The Labute approximate surface area is 287 Å². The molecule has 3 heteroatoms. The van der Waals surface area contributed by atoms with E-state index in [0.29, 0.717) is 11.8 Å². The number of allylic oxidation sites excluding steroid dienone is 7. The minimum absolute atomic E-state index is 0.296. The molecule has 2 atom stereocenters. The molecular weight excluding hydrogens is 601 g/mol. The molecule has 1 heterocycles. The molecule has 0 saturated heterocycles. The second-order valence-corrected chi connectivity index (χ2v) is 14.3. The van der Waals surface area contributed by atoms with Gasteiger partial charge in [-0.1, -0.05) is 91.1 Å². The molecule has 0 spiro atoms. The van der Waals surface area contributed by atoms with Gasteiger partial charge in [-0.25, -0.2) is 0 Å². The maximum atomic E-state index is 2.51. The van der Waals surface area contributed by atoms with Gasteiger partial charge in [0.05, 0.1) is 0 Å². The monoisotopic (exact) mass is 638 g/mol. The smallest absolute Gasteiger partial charge is 0.0484 e. The molecule has 5 aromatic carbocycles. The molecule has 0 radical (unpaired) electrons. The van der Waals surface area contributed by atoms with Crippen molar-refractivity contribution in [3.05, 3.63) is 180 Å². The highest BCUT2D eigenvalue weighted by Gasteiger charge is 2.28. The van der Waals surface area contributed by atoms with E-state index in [9.17, 15) is 0 Å².